The Labute approximate surface area is 263 Å². The zero-order valence-corrected chi connectivity index (χ0v) is 29.1. The van der Waals surface area contributed by atoms with Crippen LogP contribution in [-0.4, -0.2) is 57.9 Å². The molecule has 0 N–H and O–H groups in total. The van der Waals surface area contributed by atoms with Crippen molar-refractivity contribution in [2.45, 2.75) is 69.5 Å². The SMILES string of the molecule is CCSC(C[C@H](OCc1ccccc1)[C@H](CO[Si](c1ccccc1)(c1ccccc1)C(C)(C)C)OS(C)(=O)=O)SCC. The van der Waals surface area contributed by atoms with Gasteiger partial charge in [-0.05, 0) is 38.9 Å². The lowest BCUT2D eigenvalue weighted by atomic mass is 10.1. The molecule has 5 nitrogen and oxygen atoms in total. The summed E-state index contributed by atoms with van der Waals surface area (Å²) in [6.45, 7) is 11.4. The molecule has 0 aliphatic heterocycles. The first-order valence-electron chi connectivity index (χ1n) is 14.5. The fourth-order valence-corrected chi connectivity index (χ4v) is 13.0. The van der Waals surface area contributed by atoms with Gasteiger partial charge in [0.05, 0.1) is 30.2 Å². The van der Waals surface area contributed by atoms with Crippen molar-refractivity contribution in [1.82, 2.24) is 0 Å². The summed E-state index contributed by atoms with van der Waals surface area (Å²) in [6, 6.07) is 30.7. The number of benzene rings is 3. The lowest BCUT2D eigenvalue weighted by molar-refractivity contribution is -0.0501. The molecule has 0 heterocycles. The molecule has 0 unspecified atom stereocenters. The van der Waals surface area contributed by atoms with Gasteiger partial charge in [-0.15, -0.1) is 23.5 Å². The number of thioether (sulfide) groups is 2. The highest BCUT2D eigenvalue weighted by molar-refractivity contribution is 8.16. The van der Waals surface area contributed by atoms with Crippen LogP contribution in [-0.2, 0) is 30.1 Å². The Balaban J connectivity index is 2.06. The summed E-state index contributed by atoms with van der Waals surface area (Å²) in [7, 11) is -6.73. The van der Waals surface area contributed by atoms with Crippen molar-refractivity contribution in [3.8, 4) is 0 Å². The minimum Gasteiger partial charge on any atom is -0.405 e. The number of ether oxygens (including phenoxy) is 1. The molecular formula is C33H46O5S3Si. The van der Waals surface area contributed by atoms with Crippen molar-refractivity contribution >= 4 is 52.3 Å². The van der Waals surface area contributed by atoms with Crippen LogP contribution in [0.2, 0.25) is 5.04 Å². The van der Waals surface area contributed by atoms with E-state index in [0.717, 1.165) is 33.7 Å². The molecule has 0 aliphatic carbocycles. The molecule has 230 valence electrons. The monoisotopic (exact) mass is 646 g/mol. The molecule has 3 rings (SSSR count). The van der Waals surface area contributed by atoms with E-state index >= 15 is 0 Å². The van der Waals surface area contributed by atoms with Crippen molar-refractivity contribution in [1.29, 1.82) is 0 Å². The Hall–Kier alpha value is -1.59. The van der Waals surface area contributed by atoms with Gasteiger partial charge in [0.15, 0.2) is 0 Å². The van der Waals surface area contributed by atoms with Gasteiger partial charge in [-0.3, -0.25) is 4.18 Å². The summed E-state index contributed by atoms with van der Waals surface area (Å²) >= 11 is 3.71. The van der Waals surface area contributed by atoms with E-state index in [1.165, 1.54) is 0 Å². The van der Waals surface area contributed by atoms with Crippen LogP contribution in [0.3, 0.4) is 0 Å². The van der Waals surface area contributed by atoms with Crippen molar-refractivity contribution in [3.05, 3.63) is 96.6 Å². The Morgan fingerprint density at radius 3 is 1.67 bits per heavy atom. The van der Waals surface area contributed by atoms with Gasteiger partial charge in [-0.2, -0.15) is 8.42 Å². The van der Waals surface area contributed by atoms with Crippen molar-refractivity contribution in [2.24, 2.45) is 0 Å². The van der Waals surface area contributed by atoms with Crippen LogP contribution >= 0.6 is 23.5 Å². The van der Waals surface area contributed by atoms with E-state index in [2.05, 4.69) is 58.9 Å². The Kier molecular flexibility index (Phi) is 13.7. The first-order chi connectivity index (χ1) is 20.0. The van der Waals surface area contributed by atoms with Crippen LogP contribution in [0, 0.1) is 0 Å². The molecule has 2 atom stereocenters. The third-order valence-corrected chi connectivity index (χ3v) is 15.2. The zero-order valence-electron chi connectivity index (χ0n) is 25.7. The van der Waals surface area contributed by atoms with Gasteiger partial charge in [0.1, 0.15) is 6.10 Å². The van der Waals surface area contributed by atoms with Crippen molar-refractivity contribution < 1.29 is 21.8 Å². The predicted octanol–water partition coefficient (Wildman–Crippen LogP) is 6.72. The molecule has 3 aromatic carbocycles. The summed E-state index contributed by atoms with van der Waals surface area (Å²) < 4.78 is 45.2. The van der Waals surface area contributed by atoms with Crippen LogP contribution in [0.5, 0.6) is 0 Å². The van der Waals surface area contributed by atoms with Gasteiger partial charge in [0.2, 0.25) is 0 Å². The fraction of sp³-hybridized carbons (Fsp3) is 0.455. The minimum absolute atomic E-state index is 0.0834. The largest absolute Gasteiger partial charge is 0.405 e. The van der Waals surface area contributed by atoms with E-state index in [0.29, 0.717) is 13.0 Å². The summed E-state index contributed by atoms with van der Waals surface area (Å²) in [5.74, 6) is 1.92. The molecular weight excluding hydrogens is 601 g/mol. The highest BCUT2D eigenvalue weighted by Crippen LogP contribution is 2.38. The predicted molar refractivity (Wildman–Crippen MR) is 183 cm³/mol. The maximum atomic E-state index is 12.7. The molecule has 0 radical (unpaired) electrons. The fourth-order valence-electron chi connectivity index (χ4n) is 5.24. The number of rotatable bonds is 17. The van der Waals surface area contributed by atoms with E-state index in [-0.39, 0.29) is 16.2 Å². The first kappa shape index (κ1) is 34.9. The van der Waals surface area contributed by atoms with Crippen LogP contribution in [0.4, 0.5) is 0 Å². The third-order valence-electron chi connectivity index (χ3n) is 7.03. The van der Waals surface area contributed by atoms with Crippen molar-refractivity contribution in [2.75, 3.05) is 24.4 Å². The van der Waals surface area contributed by atoms with Gasteiger partial charge in [-0.1, -0.05) is 126 Å². The maximum Gasteiger partial charge on any atom is 0.264 e. The average molecular weight is 647 g/mol. The van der Waals surface area contributed by atoms with E-state index in [4.69, 9.17) is 13.3 Å². The van der Waals surface area contributed by atoms with Crippen LogP contribution < -0.4 is 10.4 Å². The molecule has 3 aromatic rings. The Bertz CT molecular complexity index is 1240. The molecule has 9 heteroatoms. The highest BCUT2D eigenvalue weighted by Gasteiger charge is 2.51. The molecule has 0 fully saturated rings. The second-order valence-corrected chi connectivity index (χ2v) is 20.4. The summed E-state index contributed by atoms with van der Waals surface area (Å²) in [5.41, 5.74) is 1.02. The quantitative estimate of drug-likeness (QED) is 0.0917. The van der Waals surface area contributed by atoms with E-state index in [9.17, 15) is 8.42 Å². The third kappa shape index (κ3) is 9.97. The Morgan fingerprint density at radius 1 is 0.762 bits per heavy atom. The second kappa shape index (κ2) is 16.5. The lowest BCUT2D eigenvalue weighted by Gasteiger charge is -2.44. The standard InChI is InChI=1S/C33H46O5S3Si/c1-7-39-32(40-8-2)24-30(36-25-27-18-12-9-13-19-27)31(38-41(6,34)35)26-37-42(33(3,4)5,28-20-14-10-15-21-28)29-22-16-11-17-23-29/h9-23,30-32H,7-8,24-26H2,1-6H3/t30-,31-/m0/s1. The van der Waals surface area contributed by atoms with Gasteiger partial charge < -0.3 is 9.16 Å². The van der Waals surface area contributed by atoms with Gasteiger partial charge in [0, 0.05) is 0 Å². The summed E-state index contributed by atoms with van der Waals surface area (Å²) in [5, 5.41) is 2.00. The topological polar surface area (TPSA) is 61.8 Å². The smallest absolute Gasteiger partial charge is 0.264 e. The molecule has 0 saturated heterocycles. The summed E-state index contributed by atoms with van der Waals surface area (Å²) in [4.78, 5) is 0. The number of hydrogen-bond acceptors (Lipinski definition) is 7. The zero-order chi connectivity index (χ0) is 30.6. The highest BCUT2D eigenvalue weighted by atomic mass is 32.2. The number of hydrogen-bond donors (Lipinski definition) is 0. The van der Waals surface area contributed by atoms with Crippen LogP contribution in [0.25, 0.3) is 0 Å². The van der Waals surface area contributed by atoms with Crippen LogP contribution in [0.15, 0.2) is 91.0 Å². The first-order valence-corrected chi connectivity index (χ1v) is 20.3. The van der Waals surface area contributed by atoms with Gasteiger partial charge in [-0.25, -0.2) is 0 Å². The molecule has 0 aliphatic rings. The van der Waals surface area contributed by atoms with Crippen molar-refractivity contribution in [3.63, 3.8) is 0 Å². The average Bonchev–Trinajstić information content (AvgIpc) is 2.95. The molecule has 0 saturated carbocycles. The lowest BCUT2D eigenvalue weighted by Crippen LogP contribution is -2.67. The molecule has 0 aromatic heterocycles. The van der Waals surface area contributed by atoms with E-state index in [1.54, 1.807) is 0 Å². The summed E-state index contributed by atoms with van der Waals surface area (Å²) in [6.07, 6.45) is 0.425. The van der Waals surface area contributed by atoms with Gasteiger partial charge >= 0.3 is 0 Å². The maximum absolute atomic E-state index is 12.7. The Morgan fingerprint density at radius 2 is 1.24 bits per heavy atom. The minimum atomic E-state index is -3.80. The molecule has 0 bridgehead atoms. The normalized spacial score (nSPS) is 14.2. The van der Waals surface area contributed by atoms with E-state index in [1.807, 2.05) is 90.3 Å². The second-order valence-electron chi connectivity index (χ2n) is 11.2. The molecule has 0 spiro atoms. The van der Waals surface area contributed by atoms with Gasteiger partial charge in [0.25, 0.3) is 18.4 Å². The van der Waals surface area contributed by atoms with Crippen LogP contribution in [0.1, 0.15) is 46.6 Å². The molecule has 0 amide bonds. The van der Waals surface area contributed by atoms with E-state index < -0.39 is 30.6 Å². The molecule has 42 heavy (non-hydrogen) atoms.